The molecule has 0 radical (unpaired) electrons. The lowest BCUT2D eigenvalue weighted by Gasteiger charge is -2.08. The number of pyridine rings is 1. The average molecular weight is 299 g/mol. The summed E-state index contributed by atoms with van der Waals surface area (Å²) in [6.07, 6.45) is -3.87. The van der Waals surface area contributed by atoms with Crippen molar-refractivity contribution in [3.63, 3.8) is 0 Å². The van der Waals surface area contributed by atoms with E-state index in [0.717, 1.165) is 18.2 Å². The fraction of sp³-hybridized carbons (Fsp3) is 0.0769. The summed E-state index contributed by atoms with van der Waals surface area (Å²) in [6, 6.07) is 4.69. The van der Waals surface area contributed by atoms with Crippen LogP contribution in [0.5, 0.6) is 0 Å². The van der Waals surface area contributed by atoms with Crippen molar-refractivity contribution < 1.29 is 22.4 Å². The maximum atomic E-state index is 13.9. The molecular formula is C13H9F4N3O. The molecule has 1 aromatic heterocycles. The standard InChI is InChI=1S/C13H9F4N3O/c14-10-5-8(20-12(18)21)2-3-9(10)11-4-1-7(6-19-11)13(15,16)17/h1-6H,(H3,18,20,21). The smallest absolute Gasteiger partial charge is 0.351 e. The Morgan fingerprint density at radius 2 is 1.90 bits per heavy atom. The second-order valence-corrected chi connectivity index (χ2v) is 4.11. The van der Waals surface area contributed by atoms with E-state index in [1.54, 1.807) is 0 Å². The van der Waals surface area contributed by atoms with Crippen LogP contribution in [-0.2, 0) is 6.18 Å². The zero-order chi connectivity index (χ0) is 15.6. The molecule has 0 aliphatic rings. The predicted molar refractivity (Wildman–Crippen MR) is 67.8 cm³/mol. The van der Waals surface area contributed by atoms with Gasteiger partial charge in [0.25, 0.3) is 0 Å². The maximum Gasteiger partial charge on any atom is 0.417 e. The fourth-order valence-corrected chi connectivity index (χ4v) is 1.66. The van der Waals surface area contributed by atoms with Gasteiger partial charge in [0.1, 0.15) is 5.82 Å². The van der Waals surface area contributed by atoms with Crippen molar-refractivity contribution in [2.45, 2.75) is 6.18 Å². The largest absolute Gasteiger partial charge is 0.417 e. The lowest BCUT2D eigenvalue weighted by atomic mass is 10.1. The molecular weight excluding hydrogens is 290 g/mol. The number of urea groups is 1. The monoisotopic (exact) mass is 299 g/mol. The molecule has 0 unspecified atom stereocenters. The van der Waals surface area contributed by atoms with Crippen molar-refractivity contribution in [3.8, 4) is 11.3 Å². The minimum atomic E-state index is -4.50. The molecule has 0 saturated carbocycles. The topological polar surface area (TPSA) is 68.0 Å². The van der Waals surface area contributed by atoms with Gasteiger partial charge < -0.3 is 11.1 Å². The Morgan fingerprint density at radius 1 is 1.19 bits per heavy atom. The number of benzene rings is 1. The molecule has 0 atom stereocenters. The molecule has 1 aromatic carbocycles. The number of hydrogen-bond acceptors (Lipinski definition) is 2. The number of carbonyl (C=O) groups excluding carboxylic acids is 1. The number of primary amides is 1. The Labute approximate surface area is 116 Å². The van der Waals surface area contributed by atoms with Gasteiger partial charge in [-0.15, -0.1) is 0 Å². The van der Waals surface area contributed by atoms with Crippen LogP contribution in [-0.4, -0.2) is 11.0 Å². The number of nitrogens with two attached hydrogens (primary N) is 1. The molecule has 2 aromatic rings. The van der Waals surface area contributed by atoms with Crippen molar-refractivity contribution in [2.24, 2.45) is 5.73 Å². The van der Waals surface area contributed by atoms with Gasteiger partial charge in [0.2, 0.25) is 0 Å². The summed E-state index contributed by atoms with van der Waals surface area (Å²) in [4.78, 5) is 14.2. The Kier molecular flexibility index (Phi) is 3.79. The molecule has 2 rings (SSSR count). The van der Waals surface area contributed by atoms with Crippen LogP contribution in [0.3, 0.4) is 0 Å². The number of hydrogen-bond donors (Lipinski definition) is 2. The summed E-state index contributed by atoms with van der Waals surface area (Å²) in [6.45, 7) is 0. The van der Waals surface area contributed by atoms with Crippen LogP contribution < -0.4 is 11.1 Å². The van der Waals surface area contributed by atoms with E-state index in [2.05, 4.69) is 10.3 Å². The van der Waals surface area contributed by atoms with Crippen LogP contribution in [0.15, 0.2) is 36.5 Å². The highest BCUT2D eigenvalue weighted by molar-refractivity contribution is 5.88. The molecule has 4 nitrogen and oxygen atoms in total. The molecule has 3 N–H and O–H groups in total. The van der Waals surface area contributed by atoms with E-state index in [1.807, 2.05) is 0 Å². The van der Waals surface area contributed by atoms with Crippen molar-refractivity contribution in [2.75, 3.05) is 5.32 Å². The van der Waals surface area contributed by atoms with Crippen LogP contribution in [0, 0.1) is 5.82 Å². The predicted octanol–water partition coefficient (Wildman–Crippen LogP) is 3.40. The van der Waals surface area contributed by atoms with Crippen LogP contribution in [0.2, 0.25) is 0 Å². The first-order chi connectivity index (χ1) is 9.77. The van der Waals surface area contributed by atoms with Gasteiger partial charge in [0.15, 0.2) is 0 Å². The number of nitrogens with zero attached hydrogens (tertiary/aromatic N) is 1. The minimum Gasteiger partial charge on any atom is -0.351 e. The molecule has 0 aliphatic heterocycles. The highest BCUT2D eigenvalue weighted by Gasteiger charge is 2.30. The Balaban J connectivity index is 2.32. The van der Waals surface area contributed by atoms with Crippen molar-refractivity contribution in [1.29, 1.82) is 0 Å². The van der Waals surface area contributed by atoms with Gasteiger partial charge in [-0.05, 0) is 30.3 Å². The number of amides is 2. The van der Waals surface area contributed by atoms with Gasteiger partial charge in [-0.3, -0.25) is 4.98 Å². The van der Waals surface area contributed by atoms with Gasteiger partial charge in [-0.2, -0.15) is 13.2 Å². The highest BCUT2D eigenvalue weighted by Crippen LogP contribution is 2.30. The van der Waals surface area contributed by atoms with E-state index < -0.39 is 23.6 Å². The fourth-order valence-electron chi connectivity index (χ4n) is 1.66. The molecule has 21 heavy (non-hydrogen) atoms. The van der Waals surface area contributed by atoms with Crippen LogP contribution in [0.25, 0.3) is 11.3 Å². The molecule has 8 heteroatoms. The molecule has 1 heterocycles. The number of rotatable bonds is 2. The normalized spacial score (nSPS) is 11.2. The SMILES string of the molecule is NC(=O)Nc1ccc(-c2ccc(C(F)(F)F)cn2)c(F)c1. The molecule has 0 saturated heterocycles. The van der Waals surface area contributed by atoms with E-state index in [1.165, 1.54) is 12.1 Å². The van der Waals surface area contributed by atoms with Crippen molar-refractivity contribution >= 4 is 11.7 Å². The van der Waals surface area contributed by atoms with Crippen molar-refractivity contribution in [3.05, 3.63) is 47.9 Å². The molecule has 2 amide bonds. The Morgan fingerprint density at radius 3 is 2.38 bits per heavy atom. The molecule has 0 bridgehead atoms. The van der Waals surface area contributed by atoms with Gasteiger partial charge in [-0.25, -0.2) is 9.18 Å². The first-order valence-corrected chi connectivity index (χ1v) is 5.67. The molecule has 0 fully saturated rings. The Hall–Kier alpha value is -2.64. The van der Waals surface area contributed by atoms with Crippen LogP contribution >= 0.6 is 0 Å². The number of nitrogens with one attached hydrogen (secondary N) is 1. The van der Waals surface area contributed by atoms with Gasteiger partial charge in [-0.1, -0.05) is 0 Å². The summed E-state index contributed by atoms with van der Waals surface area (Å²) in [5.74, 6) is -0.742. The van der Waals surface area contributed by atoms with Crippen LogP contribution in [0.1, 0.15) is 5.56 Å². The first-order valence-electron chi connectivity index (χ1n) is 5.67. The molecule has 0 spiro atoms. The second-order valence-electron chi connectivity index (χ2n) is 4.11. The van der Waals surface area contributed by atoms with E-state index in [-0.39, 0.29) is 16.9 Å². The van der Waals surface area contributed by atoms with E-state index in [4.69, 9.17) is 5.73 Å². The Bertz CT molecular complexity index is 668. The van der Waals surface area contributed by atoms with Crippen molar-refractivity contribution in [1.82, 2.24) is 4.98 Å². The minimum absolute atomic E-state index is 0.0127. The molecule has 110 valence electrons. The third-order valence-electron chi connectivity index (χ3n) is 2.60. The van der Waals surface area contributed by atoms with E-state index in [9.17, 15) is 22.4 Å². The zero-order valence-electron chi connectivity index (χ0n) is 10.4. The quantitative estimate of drug-likeness (QED) is 0.834. The van der Waals surface area contributed by atoms with Gasteiger partial charge in [0.05, 0.1) is 11.3 Å². The number of aromatic nitrogens is 1. The van der Waals surface area contributed by atoms with Gasteiger partial charge in [0, 0.05) is 17.4 Å². The number of anilines is 1. The van der Waals surface area contributed by atoms with E-state index in [0.29, 0.717) is 6.20 Å². The first kappa shape index (κ1) is 14.8. The lowest BCUT2D eigenvalue weighted by molar-refractivity contribution is -0.137. The summed E-state index contributed by atoms with van der Waals surface area (Å²) in [5, 5.41) is 2.18. The number of alkyl halides is 3. The highest BCUT2D eigenvalue weighted by atomic mass is 19.4. The third-order valence-corrected chi connectivity index (χ3v) is 2.60. The number of carbonyl (C=O) groups is 1. The summed E-state index contributed by atoms with van der Waals surface area (Å²) in [7, 11) is 0. The second kappa shape index (κ2) is 5.39. The zero-order valence-corrected chi connectivity index (χ0v) is 10.4. The van der Waals surface area contributed by atoms with Crippen LogP contribution in [0.4, 0.5) is 28.0 Å². The maximum absolute atomic E-state index is 13.9. The average Bonchev–Trinajstić information content (AvgIpc) is 2.37. The number of halogens is 4. The van der Waals surface area contributed by atoms with Gasteiger partial charge >= 0.3 is 12.2 Å². The summed E-state index contributed by atoms with van der Waals surface area (Å²) in [5.41, 5.74) is 4.17. The molecule has 0 aliphatic carbocycles. The van der Waals surface area contributed by atoms with E-state index >= 15 is 0 Å². The summed E-state index contributed by atoms with van der Waals surface area (Å²) >= 11 is 0. The third kappa shape index (κ3) is 3.47. The summed E-state index contributed by atoms with van der Waals surface area (Å²) < 4.78 is 51.1. The lowest BCUT2D eigenvalue weighted by Crippen LogP contribution is -2.19.